The van der Waals surface area contributed by atoms with E-state index in [1.165, 1.54) is 0 Å². The maximum atomic E-state index is 11.9. The topological polar surface area (TPSA) is 73.2 Å². The van der Waals surface area contributed by atoms with E-state index in [2.05, 4.69) is 10.3 Å². The number of aromatic nitrogens is 2. The van der Waals surface area contributed by atoms with Crippen molar-refractivity contribution in [3.8, 4) is 0 Å². The van der Waals surface area contributed by atoms with Gasteiger partial charge in [0, 0.05) is 44.1 Å². The number of carbonyl (C=O) groups excluding carboxylic acids is 1. The SMILES string of the molecule is Cc1cc(C)n(CCNC(=O)CC2CCCOC2)c(=O)n1. The van der Waals surface area contributed by atoms with Gasteiger partial charge in [-0.25, -0.2) is 4.79 Å². The van der Waals surface area contributed by atoms with E-state index < -0.39 is 0 Å². The molecule has 1 aliphatic heterocycles. The summed E-state index contributed by atoms with van der Waals surface area (Å²) in [5.41, 5.74) is 1.32. The molecule has 6 heteroatoms. The Morgan fingerprint density at radius 3 is 3.00 bits per heavy atom. The van der Waals surface area contributed by atoms with E-state index in [0.717, 1.165) is 30.8 Å². The number of rotatable bonds is 5. The lowest BCUT2D eigenvalue weighted by molar-refractivity contribution is -0.123. The van der Waals surface area contributed by atoms with Gasteiger partial charge in [-0.3, -0.25) is 9.36 Å². The fraction of sp³-hybridized carbons (Fsp3) is 0.667. The molecule has 1 unspecified atom stereocenters. The monoisotopic (exact) mass is 293 g/mol. The summed E-state index contributed by atoms with van der Waals surface area (Å²) in [4.78, 5) is 27.5. The van der Waals surface area contributed by atoms with Crippen LogP contribution in [0.1, 0.15) is 30.7 Å². The highest BCUT2D eigenvalue weighted by molar-refractivity contribution is 5.76. The van der Waals surface area contributed by atoms with Crippen molar-refractivity contribution in [1.82, 2.24) is 14.9 Å². The molecular formula is C15H23N3O3. The van der Waals surface area contributed by atoms with Gasteiger partial charge in [-0.1, -0.05) is 0 Å². The Morgan fingerprint density at radius 2 is 2.33 bits per heavy atom. The lowest BCUT2D eigenvalue weighted by Gasteiger charge is -2.21. The molecule has 0 aliphatic carbocycles. The Balaban J connectivity index is 1.78. The molecule has 2 heterocycles. The fourth-order valence-electron chi connectivity index (χ4n) is 2.66. The molecule has 0 aromatic carbocycles. The van der Waals surface area contributed by atoms with Gasteiger partial charge in [-0.15, -0.1) is 0 Å². The summed E-state index contributed by atoms with van der Waals surface area (Å²) in [5.74, 6) is 0.348. The summed E-state index contributed by atoms with van der Waals surface area (Å²) in [6.07, 6.45) is 2.58. The highest BCUT2D eigenvalue weighted by Crippen LogP contribution is 2.16. The first-order valence-corrected chi connectivity index (χ1v) is 7.46. The molecule has 1 atom stereocenters. The molecule has 0 spiro atoms. The number of aryl methyl sites for hydroxylation is 2. The number of hydrogen-bond acceptors (Lipinski definition) is 4. The van der Waals surface area contributed by atoms with Crippen LogP contribution >= 0.6 is 0 Å². The Hall–Kier alpha value is -1.69. The highest BCUT2D eigenvalue weighted by Gasteiger charge is 2.17. The predicted octanol–water partition coefficient (Wildman–Crippen LogP) is 0.793. The third-order valence-corrected chi connectivity index (χ3v) is 3.73. The van der Waals surface area contributed by atoms with Crippen molar-refractivity contribution in [2.45, 2.75) is 39.7 Å². The van der Waals surface area contributed by atoms with Gasteiger partial charge in [-0.2, -0.15) is 4.98 Å². The standard InChI is InChI=1S/C15H23N3O3/c1-11-8-12(2)18(15(20)17-11)6-5-16-14(19)9-13-4-3-7-21-10-13/h8,13H,3-7,9-10H2,1-2H3,(H,16,19). The molecule has 2 rings (SSSR count). The zero-order valence-corrected chi connectivity index (χ0v) is 12.7. The molecule has 1 fully saturated rings. The van der Waals surface area contributed by atoms with E-state index >= 15 is 0 Å². The van der Waals surface area contributed by atoms with Crippen LogP contribution in [-0.4, -0.2) is 35.2 Å². The number of nitrogens with zero attached hydrogens (tertiary/aromatic N) is 2. The summed E-state index contributed by atoms with van der Waals surface area (Å²) in [7, 11) is 0. The molecule has 1 N–H and O–H groups in total. The van der Waals surface area contributed by atoms with Gasteiger partial charge < -0.3 is 10.1 Å². The van der Waals surface area contributed by atoms with Crippen molar-refractivity contribution < 1.29 is 9.53 Å². The van der Waals surface area contributed by atoms with Crippen molar-refractivity contribution in [3.63, 3.8) is 0 Å². The first-order valence-electron chi connectivity index (χ1n) is 7.46. The van der Waals surface area contributed by atoms with Crippen LogP contribution < -0.4 is 11.0 Å². The summed E-state index contributed by atoms with van der Waals surface area (Å²) in [5, 5.41) is 2.87. The zero-order valence-electron chi connectivity index (χ0n) is 12.7. The molecule has 116 valence electrons. The van der Waals surface area contributed by atoms with Gasteiger partial charge in [-0.05, 0) is 38.7 Å². The minimum atomic E-state index is -0.262. The van der Waals surface area contributed by atoms with Crippen molar-refractivity contribution in [1.29, 1.82) is 0 Å². The molecule has 0 bridgehead atoms. The van der Waals surface area contributed by atoms with Crippen molar-refractivity contribution in [2.24, 2.45) is 5.92 Å². The average Bonchev–Trinajstić information content (AvgIpc) is 2.42. The van der Waals surface area contributed by atoms with Gasteiger partial charge in [0.15, 0.2) is 0 Å². The molecule has 1 aromatic rings. The van der Waals surface area contributed by atoms with E-state index in [1.54, 1.807) is 11.5 Å². The maximum Gasteiger partial charge on any atom is 0.348 e. The van der Waals surface area contributed by atoms with Crippen LogP contribution in [0.5, 0.6) is 0 Å². The number of ether oxygens (including phenoxy) is 1. The number of amides is 1. The van der Waals surface area contributed by atoms with E-state index in [4.69, 9.17) is 4.74 Å². The fourth-order valence-corrected chi connectivity index (χ4v) is 2.66. The van der Waals surface area contributed by atoms with E-state index in [9.17, 15) is 9.59 Å². The predicted molar refractivity (Wildman–Crippen MR) is 79.1 cm³/mol. The van der Waals surface area contributed by atoms with Crippen LogP contribution in [0.3, 0.4) is 0 Å². The number of nitrogens with one attached hydrogen (secondary N) is 1. The molecule has 6 nitrogen and oxygen atoms in total. The summed E-state index contributed by atoms with van der Waals surface area (Å²) in [6, 6.07) is 1.86. The zero-order chi connectivity index (χ0) is 15.2. The highest BCUT2D eigenvalue weighted by atomic mass is 16.5. The molecule has 0 saturated carbocycles. The van der Waals surface area contributed by atoms with Crippen LogP contribution in [0.25, 0.3) is 0 Å². The smallest absolute Gasteiger partial charge is 0.348 e. The second-order valence-corrected chi connectivity index (χ2v) is 5.61. The van der Waals surface area contributed by atoms with Gasteiger partial charge in [0.1, 0.15) is 0 Å². The third-order valence-electron chi connectivity index (χ3n) is 3.73. The largest absolute Gasteiger partial charge is 0.381 e. The second-order valence-electron chi connectivity index (χ2n) is 5.61. The first kappa shape index (κ1) is 15.7. The maximum absolute atomic E-state index is 11.9. The normalized spacial score (nSPS) is 18.5. The van der Waals surface area contributed by atoms with Gasteiger partial charge in [0.25, 0.3) is 0 Å². The third kappa shape index (κ3) is 4.67. The van der Waals surface area contributed by atoms with E-state index in [-0.39, 0.29) is 11.6 Å². The Labute approximate surface area is 124 Å². The lowest BCUT2D eigenvalue weighted by Crippen LogP contribution is -2.34. The summed E-state index contributed by atoms with van der Waals surface area (Å²) < 4.78 is 6.95. The van der Waals surface area contributed by atoms with Crippen LogP contribution in [0.15, 0.2) is 10.9 Å². The van der Waals surface area contributed by atoms with Crippen molar-refractivity contribution >= 4 is 5.91 Å². The van der Waals surface area contributed by atoms with Gasteiger partial charge in [0.2, 0.25) is 5.91 Å². The molecule has 21 heavy (non-hydrogen) atoms. The molecule has 0 radical (unpaired) electrons. The van der Waals surface area contributed by atoms with Gasteiger partial charge in [0.05, 0.1) is 0 Å². The summed E-state index contributed by atoms with van der Waals surface area (Å²) >= 11 is 0. The minimum absolute atomic E-state index is 0.0243. The second kappa shape index (κ2) is 7.36. The Kier molecular flexibility index (Phi) is 5.50. The molecule has 1 aliphatic rings. The van der Waals surface area contributed by atoms with Crippen LogP contribution in [0, 0.1) is 19.8 Å². The van der Waals surface area contributed by atoms with Gasteiger partial charge >= 0.3 is 5.69 Å². The van der Waals surface area contributed by atoms with Crippen LogP contribution in [-0.2, 0) is 16.1 Å². The number of hydrogen-bond donors (Lipinski definition) is 1. The average molecular weight is 293 g/mol. The number of carbonyl (C=O) groups is 1. The first-order chi connectivity index (χ1) is 10.1. The van der Waals surface area contributed by atoms with E-state index in [0.29, 0.717) is 32.0 Å². The quantitative estimate of drug-likeness (QED) is 0.871. The summed E-state index contributed by atoms with van der Waals surface area (Å²) in [6.45, 7) is 6.04. The molecule has 1 aromatic heterocycles. The van der Waals surface area contributed by atoms with Crippen LogP contribution in [0.2, 0.25) is 0 Å². The van der Waals surface area contributed by atoms with Crippen molar-refractivity contribution in [3.05, 3.63) is 27.9 Å². The lowest BCUT2D eigenvalue weighted by atomic mass is 9.98. The van der Waals surface area contributed by atoms with Crippen molar-refractivity contribution in [2.75, 3.05) is 19.8 Å². The molecule has 1 saturated heterocycles. The Bertz CT molecular complexity index is 548. The van der Waals surface area contributed by atoms with E-state index in [1.807, 2.05) is 13.0 Å². The Morgan fingerprint density at radius 1 is 1.52 bits per heavy atom. The van der Waals surface area contributed by atoms with Crippen LogP contribution in [0.4, 0.5) is 0 Å². The molecular weight excluding hydrogens is 270 g/mol. The minimum Gasteiger partial charge on any atom is -0.381 e. The molecule has 1 amide bonds.